The van der Waals surface area contributed by atoms with Crippen LogP contribution in [0.2, 0.25) is 0 Å². The monoisotopic (exact) mass is 309 g/mol. The number of carbonyl (C=O) groups is 1. The molecule has 0 fully saturated rings. The fourth-order valence-electron chi connectivity index (χ4n) is 2.07. The fourth-order valence-corrected chi connectivity index (χ4v) is 3.30. The zero-order valence-electron chi connectivity index (χ0n) is 12.9. The fraction of sp³-hybridized carbons (Fsp3) is 0.588. The number of ether oxygens (including phenoxy) is 1. The van der Waals surface area contributed by atoms with Gasteiger partial charge in [0.1, 0.15) is 11.9 Å². The van der Waals surface area contributed by atoms with Gasteiger partial charge in [-0.3, -0.25) is 4.79 Å². The number of carbonyl (C=O) groups excluding carboxylic acids is 1. The summed E-state index contributed by atoms with van der Waals surface area (Å²) in [6.45, 7) is 2.20. The van der Waals surface area contributed by atoms with E-state index in [-0.39, 0.29) is 12.4 Å². The van der Waals surface area contributed by atoms with E-state index in [1.165, 1.54) is 25.7 Å². The minimum absolute atomic E-state index is 0.236. The average molecular weight is 309 g/mol. The molecule has 0 spiro atoms. The van der Waals surface area contributed by atoms with E-state index in [9.17, 15) is 9.36 Å². The van der Waals surface area contributed by atoms with Crippen LogP contribution in [-0.2, 0) is 9.36 Å². The lowest BCUT2D eigenvalue weighted by Crippen LogP contribution is -2.08. The second-order valence-electron chi connectivity index (χ2n) is 5.23. The molecule has 21 heavy (non-hydrogen) atoms. The van der Waals surface area contributed by atoms with Crippen LogP contribution in [-0.4, -0.2) is 18.3 Å². The summed E-state index contributed by atoms with van der Waals surface area (Å²) in [5.74, 6) is 0.251. The normalized spacial score (nSPS) is 11.2. The molecule has 0 N–H and O–H groups in total. The number of para-hydroxylation sites is 1. The minimum atomic E-state index is -1.26. The standard InChI is InChI=1S/C17H26O3P/c1-2-3-4-5-6-10-14-21(19)15-13-17(18)20-16-11-8-7-9-12-16/h7-9,11-12H,2-6,10,13-15H2,1H3/q+1. The van der Waals surface area contributed by atoms with Gasteiger partial charge in [0.15, 0.2) is 6.16 Å². The van der Waals surface area contributed by atoms with E-state index in [1.54, 1.807) is 12.1 Å². The van der Waals surface area contributed by atoms with Crippen molar-refractivity contribution in [1.82, 2.24) is 0 Å². The van der Waals surface area contributed by atoms with Gasteiger partial charge in [0, 0.05) is 0 Å². The summed E-state index contributed by atoms with van der Waals surface area (Å²) >= 11 is 0. The van der Waals surface area contributed by atoms with E-state index in [2.05, 4.69) is 6.92 Å². The Kier molecular flexibility index (Phi) is 9.73. The van der Waals surface area contributed by atoms with E-state index in [0.29, 0.717) is 11.9 Å². The number of rotatable bonds is 11. The van der Waals surface area contributed by atoms with Crippen LogP contribution in [0.5, 0.6) is 5.75 Å². The molecule has 116 valence electrons. The molecule has 0 saturated carbocycles. The molecule has 0 bridgehead atoms. The number of unbranched alkanes of at least 4 members (excludes halogenated alkanes) is 5. The average Bonchev–Trinajstić information content (AvgIpc) is 2.50. The van der Waals surface area contributed by atoms with Gasteiger partial charge >= 0.3 is 13.8 Å². The molecular formula is C17H26O3P+. The second-order valence-corrected chi connectivity index (χ2v) is 7.09. The summed E-state index contributed by atoms with van der Waals surface area (Å²) in [5, 5.41) is 0. The van der Waals surface area contributed by atoms with Gasteiger partial charge < -0.3 is 4.74 Å². The lowest BCUT2D eigenvalue weighted by atomic mass is 10.1. The first-order valence-corrected chi connectivity index (χ1v) is 9.53. The molecule has 0 aliphatic heterocycles. The van der Waals surface area contributed by atoms with Crippen molar-refractivity contribution in [3.63, 3.8) is 0 Å². The van der Waals surface area contributed by atoms with Gasteiger partial charge in [-0.2, -0.15) is 0 Å². The highest BCUT2D eigenvalue weighted by Crippen LogP contribution is 2.24. The van der Waals surface area contributed by atoms with Crippen LogP contribution >= 0.6 is 7.80 Å². The summed E-state index contributed by atoms with van der Waals surface area (Å²) in [7, 11) is -1.26. The van der Waals surface area contributed by atoms with Crippen molar-refractivity contribution >= 4 is 13.8 Å². The maximum atomic E-state index is 11.8. The molecule has 1 rings (SSSR count). The quantitative estimate of drug-likeness (QED) is 0.245. The van der Waals surface area contributed by atoms with Gasteiger partial charge in [-0.15, -0.1) is 0 Å². The second kappa shape index (κ2) is 11.4. The van der Waals surface area contributed by atoms with E-state index in [4.69, 9.17) is 4.74 Å². The van der Waals surface area contributed by atoms with Crippen molar-refractivity contribution in [2.75, 3.05) is 12.3 Å². The van der Waals surface area contributed by atoms with Gasteiger partial charge in [0.05, 0.1) is 6.42 Å². The van der Waals surface area contributed by atoms with Gasteiger partial charge in [-0.25, -0.2) is 0 Å². The molecule has 3 nitrogen and oxygen atoms in total. The van der Waals surface area contributed by atoms with Crippen molar-refractivity contribution in [1.29, 1.82) is 0 Å². The van der Waals surface area contributed by atoms with E-state index in [0.717, 1.165) is 19.0 Å². The molecule has 0 amide bonds. The molecule has 1 aromatic rings. The summed E-state index contributed by atoms with van der Waals surface area (Å²) in [5.41, 5.74) is 0. The van der Waals surface area contributed by atoms with Crippen LogP contribution in [0.1, 0.15) is 51.9 Å². The van der Waals surface area contributed by atoms with Crippen LogP contribution in [0.4, 0.5) is 0 Å². The van der Waals surface area contributed by atoms with Gasteiger partial charge in [0.2, 0.25) is 0 Å². The molecule has 4 heteroatoms. The molecule has 1 unspecified atom stereocenters. The third kappa shape index (κ3) is 9.36. The highest BCUT2D eigenvalue weighted by atomic mass is 31.1. The van der Waals surface area contributed by atoms with Crippen molar-refractivity contribution in [3.8, 4) is 5.75 Å². The van der Waals surface area contributed by atoms with Crippen LogP contribution in [0.15, 0.2) is 30.3 Å². The molecular weight excluding hydrogens is 283 g/mol. The Morgan fingerprint density at radius 2 is 1.67 bits per heavy atom. The van der Waals surface area contributed by atoms with Gasteiger partial charge in [0.25, 0.3) is 0 Å². The molecule has 1 atom stereocenters. The summed E-state index contributed by atoms with van der Waals surface area (Å²) in [4.78, 5) is 11.6. The first-order valence-electron chi connectivity index (χ1n) is 7.90. The molecule has 0 radical (unpaired) electrons. The van der Waals surface area contributed by atoms with Gasteiger partial charge in [-0.05, 0) is 25.0 Å². The molecule has 1 aromatic carbocycles. The van der Waals surface area contributed by atoms with E-state index >= 15 is 0 Å². The Morgan fingerprint density at radius 1 is 1.00 bits per heavy atom. The maximum Gasteiger partial charge on any atom is 0.339 e. The molecule has 0 aliphatic carbocycles. The Bertz CT molecular complexity index is 417. The number of benzene rings is 1. The lowest BCUT2D eigenvalue weighted by molar-refractivity contribution is -0.133. The highest BCUT2D eigenvalue weighted by molar-refractivity contribution is 7.44. The predicted octanol–water partition coefficient (Wildman–Crippen LogP) is 5.17. The largest absolute Gasteiger partial charge is 0.426 e. The Labute approximate surface area is 128 Å². The zero-order valence-corrected chi connectivity index (χ0v) is 13.8. The number of hydrogen-bond donors (Lipinski definition) is 0. The topological polar surface area (TPSA) is 43.4 Å². The van der Waals surface area contributed by atoms with Crippen LogP contribution in [0.25, 0.3) is 0 Å². The third-order valence-corrected chi connectivity index (χ3v) is 4.84. The number of hydrogen-bond acceptors (Lipinski definition) is 3. The smallest absolute Gasteiger partial charge is 0.339 e. The van der Waals surface area contributed by atoms with Crippen molar-refractivity contribution < 1.29 is 14.1 Å². The Balaban J connectivity index is 2.05. The Morgan fingerprint density at radius 3 is 2.38 bits per heavy atom. The SMILES string of the molecule is CCCCCCCC[P+](=O)CCC(=O)Oc1ccccc1. The molecule has 0 saturated heterocycles. The summed E-state index contributed by atoms with van der Waals surface area (Å²) in [6, 6.07) is 9.00. The molecule has 0 aromatic heterocycles. The lowest BCUT2D eigenvalue weighted by Gasteiger charge is -2.01. The van der Waals surface area contributed by atoms with E-state index < -0.39 is 7.80 Å². The first-order chi connectivity index (χ1) is 10.2. The van der Waals surface area contributed by atoms with Crippen molar-refractivity contribution in [2.45, 2.75) is 51.9 Å². The van der Waals surface area contributed by atoms with Crippen LogP contribution < -0.4 is 4.74 Å². The first kappa shape index (κ1) is 17.8. The number of esters is 1. The zero-order chi connectivity index (χ0) is 15.3. The molecule has 0 heterocycles. The highest BCUT2D eigenvalue weighted by Gasteiger charge is 2.17. The predicted molar refractivity (Wildman–Crippen MR) is 87.4 cm³/mol. The molecule has 0 aliphatic rings. The Hall–Kier alpha value is -1.21. The van der Waals surface area contributed by atoms with Crippen LogP contribution in [0, 0.1) is 0 Å². The van der Waals surface area contributed by atoms with E-state index in [1.807, 2.05) is 18.2 Å². The maximum absolute atomic E-state index is 11.8. The summed E-state index contributed by atoms with van der Waals surface area (Å²) in [6.07, 6.45) is 8.61. The summed E-state index contributed by atoms with van der Waals surface area (Å²) < 4.78 is 17.0. The third-order valence-electron chi connectivity index (χ3n) is 3.30. The minimum Gasteiger partial charge on any atom is -0.426 e. The van der Waals surface area contributed by atoms with Crippen LogP contribution in [0.3, 0.4) is 0 Å². The van der Waals surface area contributed by atoms with Crippen molar-refractivity contribution in [2.24, 2.45) is 0 Å². The van der Waals surface area contributed by atoms with Crippen molar-refractivity contribution in [3.05, 3.63) is 30.3 Å². The van der Waals surface area contributed by atoms with Gasteiger partial charge in [-0.1, -0.05) is 55.4 Å².